The quantitative estimate of drug-likeness (QED) is 0.485. The molecule has 0 aromatic heterocycles. The Kier molecular flexibility index (Phi) is 8.75. The molecule has 0 aliphatic carbocycles. The van der Waals surface area contributed by atoms with E-state index < -0.39 is 11.7 Å². The monoisotopic (exact) mass is 409 g/mol. The van der Waals surface area contributed by atoms with Crippen molar-refractivity contribution < 1.29 is 9.59 Å². The number of hydrogen-bond acceptors (Lipinski definition) is 4. The van der Waals surface area contributed by atoms with E-state index >= 15 is 0 Å². The molecule has 0 heterocycles. The molecule has 0 saturated carbocycles. The van der Waals surface area contributed by atoms with Crippen molar-refractivity contribution in [3.63, 3.8) is 0 Å². The number of Topliss-reactive ketones (excluding diaryl/α,β-unsaturated/α-hetero) is 1. The normalized spacial score (nSPS) is 12.4. The fraction of sp³-hybridized carbons (Fsp3) is 0.440. The molecule has 0 radical (unpaired) electrons. The number of nitrogens with two attached hydrogens (primary N) is 2. The minimum Gasteiger partial charge on any atom is -0.346 e. The van der Waals surface area contributed by atoms with Crippen LogP contribution in [0.2, 0.25) is 0 Å². The second-order valence-corrected chi connectivity index (χ2v) is 7.90. The third kappa shape index (κ3) is 6.00. The van der Waals surface area contributed by atoms with Crippen LogP contribution in [-0.4, -0.2) is 23.4 Å². The SMILES string of the molecule is CCCCC(NC(=O)c1ccc(-c2ccc(CCC)cc2)cc1)C(N)(N)C(=O)CC. The lowest BCUT2D eigenvalue weighted by atomic mass is 9.91. The van der Waals surface area contributed by atoms with Gasteiger partial charge in [-0.25, -0.2) is 0 Å². The topological polar surface area (TPSA) is 98.2 Å². The molecule has 0 fully saturated rings. The molecule has 1 amide bonds. The Bertz CT molecular complexity index is 826. The summed E-state index contributed by atoms with van der Waals surface area (Å²) >= 11 is 0. The summed E-state index contributed by atoms with van der Waals surface area (Å²) < 4.78 is 0. The molecule has 1 unspecified atom stereocenters. The van der Waals surface area contributed by atoms with Crippen LogP contribution < -0.4 is 16.8 Å². The average molecular weight is 410 g/mol. The number of nitrogens with one attached hydrogen (secondary N) is 1. The number of unbranched alkanes of at least 4 members (excludes halogenated alkanes) is 1. The van der Waals surface area contributed by atoms with Crippen molar-refractivity contribution >= 4 is 11.7 Å². The summed E-state index contributed by atoms with van der Waals surface area (Å²) in [5.41, 5.74) is 14.7. The van der Waals surface area contributed by atoms with Crippen LogP contribution in [0, 0.1) is 0 Å². The molecule has 5 heteroatoms. The molecule has 5 N–H and O–H groups in total. The fourth-order valence-corrected chi connectivity index (χ4v) is 3.55. The highest BCUT2D eigenvalue weighted by Gasteiger charge is 2.37. The van der Waals surface area contributed by atoms with Crippen LogP contribution in [0.5, 0.6) is 0 Å². The van der Waals surface area contributed by atoms with Gasteiger partial charge in [-0.05, 0) is 41.7 Å². The summed E-state index contributed by atoms with van der Waals surface area (Å²) in [5.74, 6) is -0.532. The van der Waals surface area contributed by atoms with Crippen molar-refractivity contribution in [2.45, 2.75) is 71.0 Å². The lowest BCUT2D eigenvalue weighted by molar-refractivity contribution is -0.124. The predicted octanol–water partition coefficient (Wildman–Crippen LogP) is 4.19. The van der Waals surface area contributed by atoms with Gasteiger partial charge >= 0.3 is 0 Å². The Balaban J connectivity index is 2.13. The fourth-order valence-electron chi connectivity index (χ4n) is 3.55. The summed E-state index contributed by atoms with van der Waals surface area (Å²) in [5, 5.41) is 2.89. The summed E-state index contributed by atoms with van der Waals surface area (Å²) in [6.45, 7) is 5.94. The van der Waals surface area contributed by atoms with Crippen molar-refractivity contribution in [1.29, 1.82) is 0 Å². The van der Waals surface area contributed by atoms with Gasteiger partial charge in [0.25, 0.3) is 5.91 Å². The number of ketones is 1. The maximum atomic E-state index is 12.8. The molecule has 2 rings (SSSR count). The maximum Gasteiger partial charge on any atom is 0.251 e. The van der Waals surface area contributed by atoms with Gasteiger partial charge in [-0.2, -0.15) is 0 Å². The second kappa shape index (κ2) is 11.0. The Morgan fingerprint density at radius 1 is 0.900 bits per heavy atom. The van der Waals surface area contributed by atoms with Gasteiger partial charge in [0.1, 0.15) is 5.66 Å². The number of amides is 1. The zero-order valence-electron chi connectivity index (χ0n) is 18.4. The van der Waals surface area contributed by atoms with Gasteiger partial charge in [-0.3, -0.25) is 9.59 Å². The van der Waals surface area contributed by atoms with E-state index in [-0.39, 0.29) is 18.1 Å². The Labute approximate surface area is 180 Å². The minimum atomic E-state index is -1.57. The number of hydrogen-bond donors (Lipinski definition) is 3. The van der Waals surface area contributed by atoms with E-state index in [1.54, 1.807) is 19.1 Å². The smallest absolute Gasteiger partial charge is 0.251 e. The van der Waals surface area contributed by atoms with Gasteiger partial charge in [0.2, 0.25) is 0 Å². The van der Waals surface area contributed by atoms with E-state index in [2.05, 4.69) is 36.5 Å². The zero-order chi connectivity index (χ0) is 22.1. The van der Waals surface area contributed by atoms with Crippen molar-refractivity contribution in [3.8, 4) is 11.1 Å². The Morgan fingerprint density at radius 2 is 1.47 bits per heavy atom. The molecule has 0 aliphatic rings. The van der Waals surface area contributed by atoms with Gasteiger partial charge in [0.15, 0.2) is 5.78 Å². The van der Waals surface area contributed by atoms with Crippen LogP contribution in [-0.2, 0) is 11.2 Å². The van der Waals surface area contributed by atoms with Crippen LogP contribution in [0.3, 0.4) is 0 Å². The first-order valence-corrected chi connectivity index (χ1v) is 10.9. The molecule has 0 saturated heterocycles. The Morgan fingerprint density at radius 3 is 1.97 bits per heavy atom. The van der Waals surface area contributed by atoms with Gasteiger partial charge in [0.05, 0.1) is 6.04 Å². The van der Waals surface area contributed by atoms with E-state index in [0.29, 0.717) is 12.0 Å². The van der Waals surface area contributed by atoms with Crippen LogP contribution in [0.25, 0.3) is 11.1 Å². The lowest BCUT2D eigenvalue weighted by Crippen LogP contribution is -2.69. The highest BCUT2D eigenvalue weighted by Crippen LogP contribution is 2.21. The average Bonchev–Trinajstić information content (AvgIpc) is 2.76. The molecular weight excluding hydrogens is 374 g/mol. The Hall–Kier alpha value is -2.50. The summed E-state index contributed by atoms with van der Waals surface area (Å²) in [6, 6.07) is 15.3. The number of benzene rings is 2. The number of aryl methyl sites for hydroxylation is 1. The maximum absolute atomic E-state index is 12.8. The molecule has 5 nitrogen and oxygen atoms in total. The molecule has 0 bridgehead atoms. The molecule has 1 atom stereocenters. The van der Waals surface area contributed by atoms with Gasteiger partial charge in [-0.1, -0.05) is 76.4 Å². The van der Waals surface area contributed by atoms with Crippen molar-refractivity contribution in [2.75, 3.05) is 0 Å². The second-order valence-electron chi connectivity index (χ2n) is 7.90. The predicted molar refractivity (Wildman–Crippen MR) is 123 cm³/mol. The highest BCUT2D eigenvalue weighted by molar-refractivity contribution is 5.96. The van der Waals surface area contributed by atoms with Crippen LogP contribution in [0.1, 0.15) is 68.8 Å². The number of rotatable bonds is 11. The van der Waals surface area contributed by atoms with Crippen LogP contribution >= 0.6 is 0 Å². The molecule has 2 aromatic carbocycles. The van der Waals surface area contributed by atoms with Crippen LogP contribution in [0.4, 0.5) is 0 Å². The van der Waals surface area contributed by atoms with Gasteiger partial charge in [-0.15, -0.1) is 0 Å². The third-order valence-corrected chi connectivity index (χ3v) is 5.51. The standard InChI is InChI=1S/C25H35N3O2/c1-4-7-9-22(25(26,27)23(29)6-3)28-24(30)21-16-14-20(15-17-21)19-12-10-18(8-5-2)11-13-19/h10-17,22H,4-9,26-27H2,1-3H3,(H,28,30). The van der Waals surface area contributed by atoms with Crippen LogP contribution in [0.15, 0.2) is 48.5 Å². The van der Waals surface area contributed by atoms with Gasteiger partial charge < -0.3 is 16.8 Å². The third-order valence-electron chi connectivity index (χ3n) is 5.51. The number of carbonyl (C=O) groups excluding carboxylic acids is 2. The molecular formula is C25H35N3O2. The number of carbonyl (C=O) groups is 2. The summed E-state index contributed by atoms with van der Waals surface area (Å²) in [6.07, 6.45) is 4.74. The summed E-state index contributed by atoms with van der Waals surface area (Å²) in [7, 11) is 0. The summed E-state index contributed by atoms with van der Waals surface area (Å²) in [4.78, 5) is 25.0. The molecule has 2 aromatic rings. The zero-order valence-corrected chi connectivity index (χ0v) is 18.4. The molecule has 0 spiro atoms. The van der Waals surface area contributed by atoms with E-state index in [9.17, 15) is 9.59 Å². The van der Waals surface area contributed by atoms with E-state index in [0.717, 1.165) is 36.8 Å². The lowest BCUT2D eigenvalue weighted by Gasteiger charge is -2.33. The van der Waals surface area contributed by atoms with E-state index in [1.165, 1.54) is 5.56 Å². The van der Waals surface area contributed by atoms with Crippen molar-refractivity contribution in [3.05, 3.63) is 59.7 Å². The first-order chi connectivity index (χ1) is 14.3. The van der Waals surface area contributed by atoms with E-state index in [1.807, 2.05) is 19.1 Å². The molecule has 30 heavy (non-hydrogen) atoms. The van der Waals surface area contributed by atoms with E-state index in [4.69, 9.17) is 11.5 Å². The first-order valence-electron chi connectivity index (χ1n) is 10.9. The minimum absolute atomic E-state index is 0.233. The largest absolute Gasteiger partial charge is 0.346 e. The first kappa shape index (κ1) is 23.8. The molecule has 162 valence electrons. The van der Waals surface area contributed by atoms with Crippen molar-refractivity contribution in [1.82, 2.24) is 5.32 Å². The van der Waals surface area contributed by atoms with Crippen molar-refractivity contribution in [2.24, 2.45) is 11.5 Å². The molecule has 0 aliphatic heterocycles. The van der Waals surface area contributed by atoms with Gasteiger partial charge in [0, 0.05) is 12.0 Å². The highest BCUT2D eigenvalue weighted by atomic mass is 16.2.